The van der Waals surface area contributed by atoms with Gasteiger partial charge in [-0.2, -0.15) is 0 Å². The molecule has 1 rings (SSSR count). The van der Waals surface area contributed by atoms with Crippen LogP contribution in [-0.4, -0.2) is 0 Å². The summed E-state index contributed by atoms with van der Waals surface area (Å²) >= 11 is 3.60. The third-order valence-corrected chi connectivity index (χ3v) is 2.71. The number of hydrogen-bond donors (Lipinski definition) is 0. The zero-order valence-corrected chi connectivity index (χ0v) is 9.70. The van der Waals surface area contributed by atoms with Crippen LogP contribution in [-0.2, 0) is 0 Å². The molecule has 0 amide bonds. The highest BCUT2D eigenvalue weighted by Crippen LogP contribution is 2.28. The van der Waals surface area contributed by atoms with Gasteiger partial charge in [-0.05, 0) is 42.5 Å². The van der Waals surface area contributed by atoms with E-state index in [-0.39, 0.29) is 0 Å². The van der Waals surface area contributed by atoms with E-state index in [1.54, 1.807) is 0 Å². The summed E-state index contributed by atoms with van der Waals surface area (Å²) in [5.74, 6) is 0.597. The fourth-order valence-electron chi connectivity index (χ4n) is 1.66. The van der Waals surface area contributed by atoms with Gasteiger partial charge < -0.3 is 0 Å². The van der Waals surface area contributed by atoms with E-state index in [9.17, 15) is 0 Å². The maximum absolute atomic E-state index is 3.60. The Hall–Kier alpha value is -0.300. The van der Waals surface area contributed by atoms with Crippen molar-refractivity contribution in [2.24, 2.45) is 0 Å². The van der Waals surface area contributed by atoms with Crippen molar-refractivity contribution in [2.45, 2.75) is 33.6 Å². The topological polar surface area (TPSA) is 0 Å². The van der Waals surface area contributed by atoms with Gasteiger partial charge in [0.25, 0.3) is 0 Å². The molecule has 0 saturated carbocycles. The second-order valence-corrected chi connectivity index (χ2v) is 4.49. The maximum atomic E-state index is 3.60. The minimum atomic E-state index is 0.597. The van der Waals surface area contributed by atoms with Crippen LogP contribution in [0.25, 0.3) is 0 Å². The lowest BCUT2D eigenvalue weighted by Crippen LogP contribution is -1.94. The first-order valence-electron chi connectivity index (χ1n) is 4.29. The Morgan fingerprint density at radius 1 is 1.17 bits per heavy atom. The van der Waals surface area contributed by atoms with Gasteiger partial charge in [0, 0.05) is 4.47 Å². The van der Waals surface area contributed by atoms with E-state index in [4.69, 9.17) is 0 Å². The van der Waals surface area contributed by atoms with E-state index < -0.39 is 0 Å². The van der Waals surface area contributed by atoms with E-state index >= 15 is 0 Å². The van der Waals surface area contributed by atoms with Gasteiger partial charge in [-0.3, -0.25) is 0 Å². The highest BCUT2D eigenvalue weighted by atomic mass is 79.9. The second kappa shape index (κ2) is 3.61. The highest BCUT2D eigenvalue weighted by Gasteiger charge is 2.07. The number of rotatable bonds is 1. The summed E-state index contributed by atoms with van der Waals surface area (Å²) in [6.07, 6.45) is 0. The lowest BCUT2D eigenvalue weighted by atomic mass is 9.97. The van der Waals surface area contributed by atoms with Gasteiger partial charge in [0.15, 0.2) is 0 Å². The molecular weight excluding hydrogens is 212 g/mol. The molecule has 0 N–H and O–H groups in total. The van der Waals surface area contributed by atoms with Gasteiger partial charge in [-0.25, -0.2) is 0 Å². The van der Waals surface area contributed by atoms with Gasteiger partial charge in [0.1, 0.15) is 0 Å². The molecule has 0 spiro atoms. The molecule has 0 heterocycles. The van der Waals surface area contributed by atoms with Crippen LogP contribution in [0, 0.1) is 13.8 Å². The molecule has 66 valence electrons. The largest absolute Gasteiger partial charge is 0.0586 e. The van der Waals surface area contributed by atoms with Crippen LogP contribution in [0.15, 0.2) is 16.6 Å². The molecule has 0 atom stereocenters. The van der Waals surface area contributed by atoms with Gasteiger partial charge in [-0.15, -0.1) is 0 Å². The van der Waals surface area contributed by atoms with Gasteiger partial charge >= 0.3 is 0 Å². The van der Waals surface area contributed by atoms with Crippen LogP contribution in [0.2, 0.25) is 0 Å². The standard InChI is InChI=1S/C11H15Br/c1-7(2)11-9(4)5-8(3)6-10(11)12/h5-7H,1-4H3. The number of hydrogen-bond acceptors (Lipinski definition) is 0. The molecule has 0 aliphatic rings. The first-order chi connectivity index (χ1) is 5.52. The van der Waals surface area contributed by atoms with E-state index in [1.807, 2.05) is 0 Å². The Balaban J connectivity index is 3.28. The first-order valence-corrected chi connectivity index (χ1v) is 5.08. The molecule has 0 radical (unpaired) electrons. The number of aryl methyl sites for hydroxylation is 2. The molecule has 1 aromatic rings. The smallest absolute Gasteiger partial charge is 0.0215 e. The van der Waals surface area contributed by atoms with Crippen molar-refractivity contribution in [1.29, 1.82) is 0 Å². The molecule has 0 fully saturated rings. The van der Waals surface area contributed by atoms with Gasteiger partial charge in [-0.1, -0.05) is 35.8 Å². The minimum absolute atomic E-state index is 0.597. The average molecular weight is 227 g/mol. The predicted octanol–water partition coefficient (Wildman–Crippen LogP) is 4.19. The summed E-state index contributed by atoms with van der Waals surface area (Å²) < 4.78 is 1.25. The predicted molar refractivity (Wildman–Crippen MR) is 57.7 cm³/mol. The Morgan fingerprint density at radius 2 is 1.75 bits per heavy atom. The van der Waals surface area contributed by atoms with E-state index in [0.717, 1.165) is 0 Å². The van der Waals surface area contributed by atoms with Crippen molar-refractivity contribution in [3.63, 3.8) is 0 Å². The van der Waals surface area contributed by atoms with Gasteiger partial charge in [0.2, 0.25) is 0 Å². The Kier molecular flexibility index (Phi) is 2.94. The third kappa shape index (κ3) is 1.89. The molecule has 12 heavy (non-hydrogen) atoms. The third-order valence-electron chi connectivity index (χ3n) is 2.06. The minimum Gasteiger partial charge on any atom is -0.0586 e. The monoisotopic (exact) mass is 226 g/mol. The molecule has 0 unspecified atom stereocenters. The molecule has 0 aliphatic carbocycles. The summed E-state index contributed by atoms with van der Waals surface area (Å²) in [6.45, 7) is 8.75. The summed E-state index contributed by atoms with van der Waals surface area (Å²) in [5, 5.41) is 0. The van der Waals surface area contributed by atoms with Crippen molar-refractivity contribution in [3.8, 4) is 0 Å². The Bertz CT molecular complexity index is 264. The fourth-order valence-corrected chi connectivity index (χ4v) is 2.79. The van der Waals surface area contributed by atoms with E-state index in [2.05, 4.69) is 55.8 Å². The molecule has 0 saturated heterocycles. The zero-order valence-electron chi connectivity index (χ0n) is 8.11. The summed E-state index contributed by atoms with van der Waals surface area (Å²) in [6, 6.07) is 4.42. The maximum Gasteiger partial charge on any atom is 0.0215 e. The summed E-state index contributed by atoms with van der Waals surface area (Å²) in [7, 11) is 0. The summed E-state index contributed by atoms with van der Waals surface area (Å²) in [4.78, 5) is 0. The molecule has 1 aromatic carbocycles. The highest BCUT2D eigenvalue weighted by molar-refractivity contribution is 9.10. The van der Waals surface area contributed by atoms with Crippen LogP contribution in [0.1, 0.15) is 36.5 Å². The first kappa shape index (κ1) is 9.79. The second-order valence-electron chi connectivity index (χ2n) is 3.63. The fraction of sp³-hybridized carbons (Fsp3) is 0.455. The van der Waals surface area contributed by atoms with Gasteiger partial charge in [0.05, 0.1) is 0 Å². The van der Waals surface area contributed by atoms with Crippen molar-refractivity contribution in [3.05, 3.63) is 33.3 Å². The quantitative estimate of drug-likeness (QED) is 0.674. The lowest BCUT2D eigenvalue weighted by molar-refractivity contribution is 0.849. The summed E-state index contributed by atoms with van der Waals surface area (Å²) in [5.41, 5.74) is 4.14. The lowest BCUT2D eigenvalue weighted by Gasteiger charge is -2.12. The van der Waals surface area contributed by atoms with Crippen LogP contribution in [0.4, 0.5) is 0 Å². The molecule has 0 bridgehead atoms. The number of halogens is 1. The van der Waals surface area contributed by atoms with Crippen LogP contribution < -0.4 is 0 Å². The molecule has 0 nitrogen and oxygen atoms in total. The normalized spacial score (nSPS) is 10.8. The number of benzene rings is 1. The Labute approximate surface area is 83.1 Å². The average Bonchev–Trinajstić information content (AvgIpc) is 1.82. The van der Waals surface area contributed by atoms with Crippen molar-refractivity contribution >= 4 is 15.9 Å². The van der Waals surface area contributed by atoms with E-state index in [1.165, 1.54) is 21.2 Å². The van der Waals surface area contributed by atoms with Crippen LogP contribution in [0.3, 0.4) is 0 Å². The Morgan fingerprint density at radius 3 is 2.17 bits per heavy atom. The molecule has 0 aromatic heterocycles. The zero-order chi connectivity index (χ0) is 9.30. The molecular formula is C11H15Br. The van der Waals surface area contributed by atoms with Crippen molar-refractivity contribution in [1.82, 2.24) is 0 Å². The molecule has 1 heteroatoms. The van der Waals surface area contributed by atoms with Crippen LogP contribution >= 0.6 is 15.9 Å². The SMILES string of the molecule is Cc1cc(C)c(C(C)C)c(Br)c1. The van der Waals surface area contributed by atoms with E-state index in [0.29, 0.717) is 5.92 Å². The molecule has 0 aliphatic heterocycles. The van der Waals surface area contributed by atoms with Crippen molar-refractivity contribution < 1.29 is 0 Å². The van der Waals surface area contributed by atoms with Crippen molar-refractivity contribution in [2.75, 3.05) is 0 Å². The van der Waals surface area contributed by atoms with Crippen LogP contribution in [0.5, 0.6) is 0 Å².